The van der Waals surface area contributed by atoms with Crippen molar-refractivity contribution < 1.29 is 19.1 Å². The summed E-state index contributed by atoms with van der Waals surface area (Å²) in [7, 11) is 1.58. The molecule has 1 N–H and O–H groups in total. The number of carbonyl (C=O) groups is 2. The van der Waals surface area contributed by atoms with Crippen molar-refractivity contribution in [3.63, 3.8) is 0 Å². The van der Waals surface area contributed by atoms with Gasteiger partial charge in [-0.25, -0.2) is 4.98 Å². The van der Waals surface area contributed by atoms with Gasteiger partial charge in [-0.15, -0.1) is 11.3 Å². The number of hydrogen-bond donors (Lipinski definition) is 1. The van der Waals surface area contributed by atoms with Gasteiger partial charge in [0.25, 0.3) is 0 Å². The molecule has 0 spiro atoms. The highest BCUT2D eigenvalue weighted by atomic mass is 32.1. The van der Waals surface area contributed by atoms with E-state index in [0.717, 1.165) is 29.1 Å². The summed E-state index contributed by atoms with van der Waals surface area (Å²) in [5, 5.41) is 5.34. The van der Waals surface area contributed by atoms with Crippen LogP contribution in [-0.4, -0.2) is 37.1 Å². The van der Waals surface area contributed by atoms with Crippen LogP contribution in [0.2, 0.25) is 0 Å². The molecule has 0 saturated carbocycles. The first-order chi connectivity index (χ1) is 15.1. The summed E-state index contributed by atoms with van der Waals surface area (Å²) in [6.07, 6.45) is 1.07. The third kappa shape index (κ3) is 3.86. The van der Waals surface area contributed by atoms with Crippen LogP contribution in [0.5, 0.6) is 11.5 Å². The standard InChI is InChI=1S/C23H21N3O4S/c1-29-18-4-2-3-17(11-18)26-12-16(10-21(26)27)22(28)25-23-24-19(13-31-23)14-5-6-20-15(9-14)7-8-30-20/h2-6,9,11,13,16H,7-8,10,12H2,1H3,(H,24,25,28). The summed E-state index contributed by atoms with van der Waals surface area (Å²) >= 11 is 1.38. The minimum atomic E-state index is -0.428. The van der Waals surface area contributed by atoms with Gasteiger partial charge < -0.3 is 19.7 Å². The number of thiazole rings is 1. The van der Waals surface area contributed by atoms with E-state index in [2.05, 4.69) is 16.4 Å². The fraction of sp³-hybridized carbons (Fsp3) is 0.261. The fourth-order valence-corrected chi connectivity index (χ4v) is 4.65. The topological polar surface area (TPSA) is 80.8 Å². The van der Waals surface area contributed by atoms with Gasteiger partial charge in [-0.2, -0.15) is 0 Å². The van der Waals surface area contributed by atoms with Crippen molar-refractivity contribution in [1.82, 2.24) is 4.98 Å². The average Bonchev–Trinajstić information content (AvgIpc) is 3.52. The number of ether oxygens (including phenoxy) is 2. The summed E-state index contributed by atoms with van der Waals surface area (Å²) in [5.41, 5.74) is 3.73. The Labute approximate surface area is 183 Å². The van der Waals surface area contributed by atoms with Crippen LogP contribution >= 0.6 is 11.3 Å². The number of benzene rings is 2. The summed E-state index contributed by atoms with van der Waals surface area (Å²) in [5.74, 6) is 0.907. The van der Waals surface area contributed by atoms with Crippen molar-refractivity contribution in [2.75, 3.05) is 30.5 Å². The van der Waals surface area contributed by atoms with E-state index in [1.165, 1.54) is 16.9 Å². The molecule has 1 aromatic heterocycles. The number of nitrogens with zero attached hydrogens (tertiary/aromatic N) is 2. The van der Waals surface area contributed by atoms with Crippen LogP contribution in [0.25, 0.3) is 11.3 Å². The van der Waals surface area contributed by atoms with Crippen LogP contribution in [0.15, 0.2) is 47.8 Å². The molecule has 2 aliphatic rings. The Morgan fingerprint density at radius 3 is 3.06 bits per heavy atom. The summed E-state index contributed by atoms with van der Waals surface area (Å²) in [6.45, 7) is 1.05. The maximum Gasteiger partial charge on any atom is 0.231 e. The lowest BCUT2D eigenvalue weighted by Crippen LogP contribution is -2.28. The van der Waals surface area contributed by atoms with Crippen molar-refractivity contribution in [3.05, 3.63) is 53.4 Å². The molecule has 1 saturated heterocycles. The molecule has 1 atom stereocenters. The van der Waals surface area contributed by atoms with Gasteiger partial charge in [0.05, 0.1) is 25.3 Å². The zero-order valence-electron chi connectivity index (χ0n) is 17.0. The highest BCUT2D eigenvalue weighted by molar-refractivity contribution is 7.14. The number of amides is 2. The van der Waals surface area contributed by atoms with Crippen LogP contribution in [0.4, 0.5) is 10.8 Å². The van der Waals surface area contributed by atoms with Gasteiger partial charge in [0.2, 0.25) is 11.8 Å². The smallest absolute Gasteiger partial charge is 0.231 e. The van der Waals surface area contributed by atoms with Crippen LogP contribution in [0.1, 0.15) is 12.0 Å². The average molecular weight is 436 g/mol. The molecule has 3 heterocycles. The second kappa shape index (κ2) is 8.03. The van der Waals surface area contributed by atoms with Crippen molar-refractivity contribution >= 4 is 34.0 Å². The zero-order valence-corrected chi connectivity index (χ0v) is 17.8. The minimum absolute atomic E-state index is 0.0754. The van der Waals surface area contributed by atoms with Crippen molar-refractivity contribution in [3.8, 4) is 22.8 Å². The number of hydrogen-bond acceptors (Lipinski definition) is 6. The third-order valence-corrected chi connectivity index (χ3v) is 6.34. The molecule has 0 radical (unpaired) electrons. The van der Waals surface area contributed by atoms with Gasteiger partial charge in [0.15, 0.2) is 5.13 Å². The molecular formula is C23H21N3O4S. The van der Waals surface area contributed by atoms with Crippen LogP contribution in [0.3, 0.4) is 0 Å². The van der Waals surface area contributed by atoms with E-state index in [1.807, 2.05) is 35.7 Å². The largest absolute Gasteiger partial charge is 0.497 e. The molecule has 0 aliphatic carbocycles. The molecule has 31 heavy (non-hydrogen) atoms. The molecule has 1 unspecified atom stereocenters. The van der Waals surface area contributed by atoms with E-state index in [9.17, 15) is 9.59 Å². The van der Waals surface area contributed by atoms with Gasteiger partial charge in [-0.1, -0.05) is 6.07 Å². The SMILES string of the molecule is COc1cccc(N2CC(C(=O)Nc3nc(-c4ccc5c(c4)CCO5)cs3)CC2=O)c1. The Balaban J connectivity index is 1.26. The molecule has 3 aromatic rings. The van der Waals surface area contributed by atoms with Crippen molar-refractivity contribution in [1.29, 1.82) is 0 Å². The molecule has 158 valence electrons. The Hall–Kier alpha value is -3.39. The van der Waals surface area contributed by atoms with Gasteiger partial charge in [-0.3, -0.25) is 9.59 Å². The van der Waals surface area contributed by atoms with Crippen LogP contribution < -0.4 is 19.7 Å². The Kier molecular flexibility index (Phi) is 5.07. The van der Waals surface area contributed by atoms with E-state index >= 15 is 0 Å². The Morgan fingerprint density at radius 2 is 2.19 bits per heavy atom. The predicted molar refractivity (Wildman–Crippen MR) is 119 cm³/mol. The van der Waals surface area contributed by atoms with Gasteiger partial charge >= 0.3 is 0 Å². The monoisotopic (exact) mass is 435 g/mol. The van der Waals surface area contributed by atoms with Crippen molar-refractivity contribution in [2.45, 2.75) is 12.8 Å². The molecule has 0 bridgehead atoms. The third-order valence-electron chi connectivity index (χ3n) is 5.58. The maximum absolute atomic E-state index is 12.8. The number of aromatic nitrogens is 1. The summed E-state index contributed by atoms with van der Waals surface area (Å²) < 4.78 is 10.8. The molecule has 8 heteroatoms. The second-order valence-electron chi connectivity index (χ2n) is 7.55. The highest BCUT2D eigenvalue weighted by Gasteiger charge is 2.35. The molecule has 2 aromatic carbocycles. The maximum atomic E-state index is 12.8. The van der Waals surface area contributed by atoms with E-state index in [0.29, 0.717) is 24.0 Å². The molecule has 5 rings (SSSR count). The van der Waals surface area contributed by atoms with Gasteiger partial charge in [0, 0.05) is 42.1 Å². The van der Waals surface area contributed by atoms with E-state index in [4.69, 9.17) is 9.47 Å². The van der Waals surface area contributed by atoms with Gasteiger partial charge in [0.1, 0.15) is 11.5 Å². The van der Waals surface area contributed by atoms with Crippen LogP contribution in [-0.2, 0) is 16.0 Å². The lowest BCUT2D eigenvalue weighted by Gasteiger charge is -2.17. The van der Waals surface area contributed by atoms with Gasteiger partial charge in [-0.05, 0) is 35.9 Å². The molecular weight excluding hydrogens is 414 g/mol. The number of methoxy groups -OCH3 is 1. The predicted octanol–water partition coefficient (Wildman–Crippen LogP) is 3.75. The summed E-state index contributed by atoms with van der Waals surface area (Å²) in [4.78, 5) is 31.5. The highest BCUT2D eigenvalue weighted by Crippen LogP contribution is 2.33. The van der Waals surface area contributed by atoms with E-state index < -0.39 is 5.92 Å². The zero-order chi connectivity index (χ0) is 21.4. The second-order valence-corrected chi connectivity index (χ2v) is 8.41. The van der Waals surface area contributed by atoms with E-state index in [1.54, 1.807) is 18.1 Å². The quantitative estimate of drug-likeness (QED) is 0.660. The number of nitrogens with one attached hydrogen (secondary N) is 1. The fourth-order valence-electron chi connectivity index (χ4n) is 3.93. The first-order valence-corrected chi connectivity index (χ1v) is 11.0. The number of carbonyl (C=O) groups excluding carboxylic acids is 2. The number of anilines is 2. The lowest BCUT2D eigenvalue weighted by atomic mass is 10.1. The molecule has 2 amide bonds. The molecule has 1 fully saturated rings. The first-order valence-electron chi connectivity index (χ1n) is 10.1. The Morgan fingerprint density at radius 1 is 1.29 bits per heavy atom. The van der Waals surface area contributed by atoms with E-state index in [-0.39, 0.29) is 18.2 Å². The van der Waals surface area contributed by atoms with Crippen LogP contribution in [0, 0.1) is 5.92 Å². The van der Waals surface area contributed by atoms with Crippen molar-refractivity contribution in [2.24, 2.45) is 5.92 Å². The normalized spacial score (nSPS) is 17.4. The number of rotatable bonds is 5. The lowest BCUT2D eigenvalue weighted by molar-refractivity contribution is -0.122. The molecule has 7 nitrogen and oxygen atoms in total. The molecule has 2 aliphatic heterocycles. The summed E-state index contributed by atoms with van der Waals surface area (Å²) in [6, 6.07) is 13.3. The first kappa shape index (κ1) is 19.6. The minimum Gasteiger partial charge on any atom is -0.497 e. The number of fused-ring (bicyclic) bond motifs is 1. The Bertz CT molecular complexity index is 1160.